The summed E-state index contributed by atoms with van der Waals surface area (Å²) in [6.07, 6.45) is 4.32. The standard InChI is InChI=1S/C15H24N4O/c1-15(2,9-20)19(3)14-11(13(16)17)8-10-6-4-5-7-12(10)18-14/h8,20H,4-7,9H2,1-3H3,(H3,16,17). The van der Waals surface area contributed by atoms with Crippen molar-refractivity contribution < 1.29 is 5.11 Å². The summed E-state index contributed by atoms with van der Waals surface area (Å²) in [5, 5.41) is 17.3. The number of amidine groups is 1. The van der Waals surface area contributed by atoms with Crippen LogP contribution in [0.2, 0.25) is 0 Å². The number of aryl methyl sites for hydroxylation is 2. The molecule has 2 rings (SSSR count). The van der Waals surface area contributed by atoms with E-state index in [2.05, 4.69) is 0 Å². The van der Waals surface area contributed by atoms with Crippen LogP contribution in [-0.4, -0.2) is 35.1 Å². The molecule has 0 spiro atoms. The number of fused-ring (bicyclic) bond motifs is 1. The van der Waals surface area contributed by atoms with Crippen molar-refractivity contribution in [2.75, 3.05) is 18.6 Å². The molecule has 0 atom stereocenters. The predicted octanol–water partition coefficient (Wildman–Crippen LogP) is 1.45. The lowest BCUT2D eigenvalue weighted by Crippen LogP contribution is -2.46. The molecule has 5 nitrogen and oxygen atoms in total. The molecule has 4 N–H and O–H groups in total. The predicted molar refractivity (Wildman–Crippen MR) is 81.5 cm³/mol. The minimum atomic E-state index is -0.444. The molecule has 20 heavy (non-hydrogen) atoms. The van der Waals surface area contributed by atoms with Crippen LogP contribution in [-0.2, 0) is 12.8 Å². The maximum absolute atomic E-state index is 9.54. The number of aliphatic hydroxyl groups excluding tert-OH is 1. The normalized spacial score (nSPS) is 14.8. The first-order chi connectivity index (χ1) is 9.36. The molecule has 1 aliphatic carbocycles. The molecule has 1 aliphatic rings. The molecule has 0 saturated carbocycles. The second kappa shape index (κ2) is 5.40. The zero-order chi connectivity index (χ0) is 14.9. The van der Waals surface area contributed by atoms with Crippen molar-refractivity contribution >= 4 is 11.7 Å². The zero-order valence-corrected chi connectivity index (χ0v) is 12.5. The highest BCUT2D eigenvalue weighted by atomic mass is 16.3. The molecule has 1 heterocycles. The SMILES string of the molecule is CN(c1nc2c(cc1C(=N)N)CCCC2)C(C)(C)CO. The van der Waals surface area contributed by atoms with Crippen molar-refractivity contribution in [2.24, 2.45) is 5.73 Å². The summed E-state index contributed by atoms with van der Waals surface area (Å²) < 4.78 is 0. The molecule has 0 amide bonds. The third kappa shape index (κ3) is 2.63. The highest BCUT2D eigenvalue weighted by molar-refractivity contribution is 6.00. The monoisotopic (exact) mass is 276 g/mol. The van der Waals surface area contributed by atoms with E-state index in [1.807, 2.05) is 31.9 Å². The molecule has 0 aliphatic heterocycles. The number of likely N-dealkylation sites (N-methyl/N-ethyl adjacent to an activating group) is 1. The first-order valence-corrected chi connectivity index (χ1v) is 7.08. The lowest BCUT2D eigenvalue weighted by atomic mass is 9.94. The number of hydrogen-bond acceptors (Lipinski definition) is 4. The Hall–Kier alpha value is -1.62. The number of nitrogens with zero attached hydrogens (tertiary/aromatic N) is 2. The van der Waals surface area contributed by atoms with Crippen molar-refractivity contribution in [3.05, 3.63) is 22.9 Å². The molecule has 0 unspecified atom stereocenters. The molecule has 1 aromatic rings. The Kier molecular flexibility index (Phi) is 3.99. The van der Waals surface area contributed by atoms with Crippen LogP contribution in [0.5, 0.6) is 0 Å². The number of hydrogen-bond donors (Lipinski definition) is 3. The number of nitrogens with one attached hydrogen (secondary N) is 1. The van der Waals surface area contributed by atoms with Crippen LogP contribution in [0.15, 0.2) is 6.07 Å². The Balaban J connectivity index is 2.53. The van der Waals surface area contributed by atoms with Gasteiger partial charge in [0.15, 0.2) is 0 Å². The van der Waals surface area contributed by atoms with Crippen LogP contribution in [0.4, 0.5) is 5.82 Å². The first-order valence-electron chi connectivity index (χ1n) is 7.08. The van der Waals surface area contributed by atoms with Gasteiger partial charge >= 0.3 is 0 Å². The van der Waals surface area contributed by atoms with Gasteiger partial charge in [0.25, 0.3) is 0 Å². The molecule has 5 heteroatoms. The van der Waals surface area contributed by atoms with E-state index >= 15 is 0 Å². The molecular formula is C15H24N4O. The summed E-state index contributed by atoms with van der Waals surface area (Å²) in [4.78, 5) is 6.66. The van der Waals surface area contributed by atoms with Crippen molar-refractivity contribution in [1.29, 1.82) is 5.41 Å². The molecule has 110 valence electrons. The fourth-order valence-electron chi connectivity index (χ4n) is 2.47. The molecule has 0 bridgehead atoms. The Morgan fingerprint density at radius 3 is 2.70 bits per heavy atom. The van der Waals surface area contributed by atoms with Gasteiger partial charge in [0.1, 0.15) is 11.7 Å². The fourth-order valence-corrected chi connectivity index (χ4v) is 2.47. The summed E-state index contributed by atoms with van der Waals surface area (Å²) in [6.45, 7) is 3.90. The van der Waals surface area contributed by atoms with Crippen LogP contribution in [0.3, 0.4) is 0 Å². The summed E-state index contributed by atoms with van der Waals surface area (Å²) in [6, 6.07) is 2.00. The molecule has 0 fully saturated rings. The van der Waals surface area contributed by atoms with Gasteiger partial charge in [-0.1, -0.05) is 0 Å². The first kappa shape index (κ1) is 14.8. The van der Waals surface area contributed by atoms with Gasteiger partial charge in [-0.05, 0) is 51.2 Å². The molecule has 0 radical (unpaired) electrons. The van der Waals surface area contributed by atoms with Gasteiger partial charge in [0.05, 0.1) is 17.7 Å². The summed E-state index contributed by atoms with van der Waals surface area (Å²) in [7, 11) is 1.89. The van der Waals surface area contributed by atoms with Crippen molar-refractivity contribution in [1.82, 2.24) is 4.98 Å². The highest BCUT2D eigenvalue weighted by Crippen LogP contribution is 2.29. The minimum absolute atomic E-state index is 0.0135. The Morgan fingerprint density at radius 1 is 1.45 bits per heavy atom. The van der Waals surface area contributed by atoms with E-state index in [1.165, 1.54) is 12.0 Å². The van der Waals surface area contributed by atoms with Crippen molar-refractivity contribution in [3.63, 3.8) is 0 Å². The van der Waals surface area contributed by atoms with Crippen LogP contribution >= 0.6 is 0 Å². The third-order valence-electron chi connectivity index (χ3n) is 4.18. The van der Waals surface area contributed by atoms with Gasteiger partial charge < -0.3 is 15.7 Å². The number of nitrogens with two attached hydrogens (primary N) is 1. The maximum atomic E-state index is 9.54. The molecule has 0 aromatic carbocycles. The van der Waals surface area contributed by atoms with Crippen LogP contribution in [0, 0.1) is 5.41 Å². The fraction of sp³-hybridized carbons (Fsp3) is 0.600. The third-order valence-corrected chi connectivity index (χ3v) is 4.18. The summed E-state index contributed by atoms with van der Waals surface area (Å²) in [5.41, 5.74) is 8.26. The van der Waals surface area contributed by atoms with Gasteiger partial charge in [0.2, 0.25) is 0 Å². The second-order valence-corrected chi connectivity index (χ2v) is 6.12. The van der Waals surface area contributed by atoms with Gasteiger partial charge in [-0.3, -0.25) is 5.41 Å². The van der Waals surface area contributed by atoms with Crippen molar-refractivity contribution in [2.45, 2.75) is 45.1 Å². The maximum Gasteiger partial charge on any atom is 0.140 e. The lowest BCUT2D eigenvalue weighted by molar-refractivity contribution is 0.215. The number of pyridine rings is 1. The van der Waals surface area contributed by atoms with E-state index in [0.717, 1.165) is 25.0 Å². The highest BCUT2D eigenvalue weighted by Gasteiger charge is 2.27. The van der Waals surface area contributed by atoms with Gasteiger partial charge in [-0.15, -0.1) is 0 Å². The lowest BCUT2D eigenvalue weighted by Gasteiger charge is -2.36. The van der Waals surface area contributed by atoms with Crippen LogP contribution in [0.1, 0.15) is 43.5 Å². The average molecular weight is 276 g/mol. The largest absolute Gasteiger partial charge is 0.394 e. The molecule has 1 aromatic heterocycles. The summed E-state index contributed by atoms with van der Waals surface area (Å²) >= 11 is 0. The number of aromatic nitrogens is 1. The smallest absolute Gasteiger partial charge is 0.140 e. The Morgan fingerprint density at radius 2 is 2.10 bits per heavy atom. The number of nitrogen functional groups attached to an aromatic ring is 1. The molecular weight excluding hydrogens is 252 g/mol. The van der Waals surface area contributed by atoms with Crippen LogP contribution in [0.25, 0.3) is 0 Å². The zero-order valence-electron chi connectivity index (χ0n) is 12.5. The van der Waals surface area contributed by atoms with Gasteiger partial charge in [0, 0.05) is 12.7 Å². The average Bonchev–Trinajstić information content (AvgIpc) is 2.44. The van der Waals surface area contributed by atoms with E-state index in [9.17, 15) is 5.11 Å². The summed E-state index contributed by atoms with van der Waals surface area (Å²) in [5.74, 6) is 0.721. The van der Waals surface area contributed by atoms with E-state index in [1.54, 1.807) is 0 Å². The number of anilines is 1. The van der Waals surface area contributed by atoms with E-state index in [4.69, 9.17) is 16.1 Å². The quantitative estimate of drug-likeness (QED) is 0.574. The topological polar surface area (TPSA) is 86.2 Å². The second-order valence-electron chi connectivity index (χ2n) is 6.12. The van der Waals surface area contributed by atoms with E-state index in [0.29, 0.717) is 11.4 Å². The van der Waals surface area contributed by atoms with Crippen LogP contribution < -0.4 is 10.6 Å². The van der Waals surface area contributed by atoms with Gasteiger partial charge in [-0.25, -0.2) is 4.98 Å². The minimum Gasteiger partial charge on any atom is -0.394 e. The Bertz CT molecular complexity index is 525. The van der Waals surface area contributed by atoms with Crippen molar-refractivity contribution in [3.8, 4) is 0 Å². The number of aliphatic hydroxyl groups is 1. The van der Waals surface area contributed by atoms with E-state index in [-0.39, 0.29) is 12.4 Å². The Labute approximate surface area is 120 Å². The van der Waals surface area contributed by atoms with Gasteiger partial charge in [-0.2, -0.15) is 0 Å². The van der Waals surface area contributed by atoms with E-state index < -0.39 is 5.54 Å². The molecule has 0 saturated heterocycles. The number of rotatable bonds is 4.